The Kier molecular flexibility index (Phi) is 5.83. The van der Waals surface area contributed by atoms with Crippen molar-refractivity contribution >= 4 is 38.9 Å². The van der Waals surface area contributed by atoms with Gasteiger partial charge in [0.25, 0.3) is 0 Å². The van der Waals surface area contributed by atoms with Crippen molar-refractivity contribution in [1.82, 2.24) is 4.72 Å². The van der Waals surface area contributed by atoms with Crippen molar-refractivity contribution in [3.63, 3.8) is 0 Å². The van der Waals surface area contributed by atoms with Gasteiger partial charge in [0.15, 0.2) is 0 Å². The van der Waals surface area contributed by atoms with E-state index < -0.39 is 21.9 Å². The summed E-state index contributed by atoms with van der Waals surface area (Å²) < 4.78 is 27.2. The summed E-state index contributed by atoms with van der Waals surface area (Å²) in [6, 6.07) is 1.48. The lowest BCUT2D eigenvalue weighted by Crippen LogP contribution is -2.34. The van der Waals surface area contributed by atoms with Gasteiger partial charge in [-0.25, -0.2) is 13.1 Å². The molecule has 5 nitrogen and oxygen atoms in total. The van der Waals surface area contributed by atoms with Crippen molar-refractivity contribution in [2.24, 2.45) is 11.3 Å². The van der Waals surface area contributed by atoms with Gasteiger partial charge in [0.2, 0.25) is 10.0 Å². The maximum atomic E-state index is 12.1. The third-order valence-corrected chi connectivity index (χ3v) is 6.28. The number of hydrogen-bond acceptors (Lipinski definition) is 4. The van der Waals surface area contributed by atoms with Crippen LogP contribution in [-0.2, 0) is 14.8 Å². The minimum atomic E-state index is -3.73. The molecule has 1 unspecified atom stereocenters. The zero-order chi connectivity index (χ0) is 16.4. The summed E-state index contributed by atoms with van der Waals surface area (Å²) >= 11 is 6.83. The third kappa shape index (κ3) is 5.58. The van der Waals surface area contributed by atoms with Crippen LogP contribution in [-0.4, -0.2) is 26.0 Å². The van der Waals surface area contributed by atoms with Gasteiger partial charge in [0.1, 0.15) is 4.21 Å². The van der Waals surface area contributed by atoms with Crippen molar-refractivity contribution < 1.29 is 18.3 Å². The fraction of sp³-hybridized carbons (Fsp3) is 0.615. The highest BCUT2D eigenvalue weighted by molar-refractivity contribution is 7.91. The van der Waals surface area contributed by atoms with Crippen LogP contribution >= 0.6 is 22.9 Å². The Balaban J connectivity index is 2.81. The Morgan fingerprint density at radius 2 is 2.05 bits per heavy atom. The molecule has 0 aliphatic heterocycles. The number of halogens is 1. The van der Waals surface area contributed by atoms with Crippen LogP contribution in [0.3, 0.4) is 0 Å². The lowest BCUT2D eigenvalue weighted by Gasteiger charge is -2.23. The highest BCUT2D eigenvalue weighted by Gasteiger charge is 2.27. The first kappa shape index (κ1) is 18.4. The predicted octanol–water partition coefficient (Wildman–Crippen LogP) is 3.13. The van der Waals surface area contributed by atoms with E-state index in [1.807, 2.05) is 20.8 Å². The topological polar surface area (TPSA) is 83.5 Å². The molecule has 0 aliphatic rings. The summed E-state index contributed by atoms with van der Waals surface area (Å²) in [5.41, 5.74) is 0.489. The zero-order valence-electron chi connectivity index (χ0n) is 12.4. The largest absolute Gasteiger partial charge is 0.481 e. The standard InChI is InChI=1S/C13H20ClNO4S2/c1-8-5-10(20-11(8)14)21(18,19)15-7-9(12(16)17)6-13(2,3)4/h5,9,15H,6-7H2,1-4H3,(H,16,17). The zero-order valence-corrected chi connectivity index (χ0v) is 14.8. The number of carbonyl (C=O) groups is 1. The van der Waals surface area contributed by atoms with E-state index in [2.05, 4.69) is 4.72 Å². The van der Waals surface area contributed by atoms with Crippen LogP contribution in [0.5, 0.6) is 0 Å². The van der Waals surface area contributed by atoms with Crippen LogP contribution in [0.25, 0.3) is 0 Å². The van der Waals surface area contributed by atoms with Gasteiger partial charge < -0.3 is 5.11 Å². The number of aliphatic carboxylic acids is 1. The van der Waals surface area contributed by atoms with Gasteiger partial charge in [-0.1, -0.05) is 32.4 Å². The van der Waals surface area contributed by atoms with Crippen LogP contribution in [0, 0.1) is 18.3 Å². The molecule has 0 fully saturated rings. The van der Waals surface area contributed by atoms with E-state index in [-0.39, 0.29) is 16.2 Å². The van der Waals surface area contributed by atoms with E-state index >= 15 is 0 Å². The summed E-state index contributed by atoms with van der Waals surface area (Å²) in [6.45, 7) is 7.33. The Hall–Kier alpha value is -0.630. The molecule has 1 aromatic rings. The minimum absolute atomic E-state index is 0.102. The molecule has 0 amide bonds. The summed E-state index contributed by atoms with van der Waals surface area (Å²) in [5, 5.41) is 9.20. The number of thiophene rings is 1. The Bertz CT molecular complexity index is 597. The smallest absolute Gasteiger partial charge is 0.307 e. The number of carboxylic acid groups (broad SMARTS) is 1. The molecule has 1 aromatic heterocycles. The molecule has 2 N–H and O–H groups in total. The molecule has 0 saturated carbocycles. The van der Waals surface area contributed by atoms with Crippen molar-refractivity contribution in [2.75, 3.05) is 6.54 Å². The van der Waals surface area contributed by atoms with Gasteiger partial charge in [-0.2, -0.15) is 0 Å². The first-order valence-electron chi connectivity index (χ1n) is 6.41. The van der Waals surface area contributed by atoms with Crippen LogP contribution in [0.4, 0.5) is 0 Å². The van der Waals surface area contributed by atoms with Crippen LogP contribution in [0.2, 0.25) is 4.34 Å². The van der Waals surface area contributed by atoms with E-state index in [0.29, 0.717) is 16.3 Å². The van der Waals surface area contributed by atoms with Crippen molar-refractivity contribution in [3.05, 3.63) is 16.0 Å². The minimum Gasteiger partial charge on any atom is -0.481 e. The molecule has 0 spiro atoms. The molecule has 1 atom stereocenters. The SMILES string of the molecule is Cc1cc(S(=O)(=O)NCC(CC(C)(C)C)C(=O)O)sc1Cl. The summed E-state index contributed by atoms with van der Waals surface area (Å²) in [6.07, 6.45) is 0.384. The average molecular weight is 354 g/mol. The van der Waals surface area contributed by atoms with Gasteiger partial charge in [0, 0.05) is 6.54 Å². The summed E-state index contributed by atoms with van der Waals surface area (Å²) in [4.78, 5) is 11.2. The van der Waals surface area contributed by atoms with Crippen LogP contribution < -0.4 is 4.72 Å². The molecule has 0 radical (unpaired) electrons. The Labute approximate surface area is 134 Å². The van der Waals surface area contributed by atoms with Gasteiger partial charge in [-0.15, -0.1) is 11.3 Å². The molecule has 1 heterocycles. The number of sulfonamides is 1. The molecule has 1 rings (SSSR count). The summed E-state index contributed by atoms with van der Waals surface area (Å²) in [7, 11) is -3.73. The molecular formula is C13H20ClNO4S2. The van der Waals surface area contributed by atoms with Gasteiger partial charge in [-0.05, 0) is 30.4 Å². The molecule has 8 heteroatoms. The number of aryl methyl sites for hydroxylation is 1. The molecule has 120 valence electrons. The maximum absolute atomic E-state index is 12.1. The van der Waals surface area contributed by atoms with E-state index in [0.717, 1.165) is 11.3 Å². The number of carboxylic acids is 1. The van der Waals surface area contributed by atoms with Crippen molar-refractivity contribution in [3.8, 4) is 0 Å². The van der Waals surface area contributed by atoms with Crippen LogP contribution in [0.15, 0.2) is 10.3 Å². The molecule has 0 bridgehead atoms. The molecular weight excluding hydrogens is 334 g/mol. The van der Waals surface area contributed by atoms with E-state index in [4.69, 9.17) is 11.6 Å². The van der Waals surface area contributed by atoms with E-state index in [9.17, 15) is 18.3 Å². The molecule has 21 heavy (non-hydrogen) atoms. The maximum Gasteiger partial charge on any atom is 0.307 e. The second kappa shape index (κ2) is 6.64. The lowest BCUT2D eigenvalue weighted by molar-refractivity contribution is -0.142. The van der Waals surface area contributed by atoms with Crippen LogP contribution in [0.1, 0.15) is 32.8 Å². The molecule has 0 saturated heterocycles. The van der Waals surface area contributed by atoms with Gasteiger partial charge in [0.05, 0.1) is 10.3 Å². The van der Waals surface area contributed by atoms with Gasteiger partial charge >= 0.3 is 5.97 Å². The molecule has 0 aromatic carbocycles. The number of nitrogens with one attached hydrogen (secondary N) is 1. The van der Waals surface area contributed by atoms with E-state index in [1.54, 1.807) is 6.92 Å². The lowest BCUT2D eigenvalue weighted by atomic mass is 9.85. The second-order valence-electron chi connectivity index (χ2n) is 6.17. The second-order valence-corrected chi connectivity index (χ2v) is 9.82. The summed E-state index contributed by atoms with van der Waals surface area (Å²) in [5.74, 6) is -1.77. The third-order valence-electron chi connectivity index (χ3n) is 2.83. The highest BCUT2D eigenvalue weighted by atomic mass is 35.5. The van der Waals surface area contributed by atoms with Gasteiger partial charge in [-0.3, -0.25) is 4.79 Å². The monoisotopic (exact) mass is 353 g/mol. The van der Waals surface area contributed by atoms with E-state index in [1.165, 1.54) is 6.07 Å². The highest BCUT2D eigenvalue weighted by Crippen LogP contribution is 2.30. The first-order valence-corrected chi connectivity index (χ1v) is 9.08. The predicted molar refractivity (Wildman–Crippen MR) is 84.5 cm³/mol. The quantitative estimate of drug-likeness (QED) is 0.823. The number of hydrogen-bond donors (Lipinski definition) is 2. The normalized spacial score (nSPS) is 14.1. The van der Waals surface area contributed by atoms with Crippen molar-refractivity contribution in [2.45, 2.75) is 38.3 Å². The Morgan fingerprint density at radius 1 is 1.48 bits per heavy atom. The Morgan fingerprint density at radius 3 is 2.43 bits per heavy atom. The van der Waals surface area contributed by atoms with Crippen molar-refractivity contribution in [1.29, 1.82) is 0 Å². The first-order chi connectivity index (χ1) is 9.42. The fourth-order valence-corrected chi connectivity index (χ4v) is 4.67. The number of rotatable bonds is 6. The fourth-order valence-electron chi connectivity index (χ4n) is 1.83. The average Bonchev–Trinajstić information content (AvgIpc) is 2.64. The molecule has 0 aliphatic carbocycles.